The molecular weight excluding hydrogens is 513 g/mol. The maximum Gasteiger partial charge on any atom is 0.333 e. The van der Waals surface area contributed by atoms with Crippen molar-refractivity contribution in [1.29, 1.82) is 0 Å². The standard InChI is InChI=1S/C29H48N2O5Si2/c1-21-18-30(27(33)31(26(21)32)19-22-15-13-12-14-16-22)25-17-23(36-38(10,11)29(5,6)7)24(35-25)20-34-37(8,9)28(2,3)4/h12-16,18,23-25H,17,19-20H2,1-11H3/t23-,24+,25+/m0/s1. The molecule has 1 aliphatic rings. The molecule has 1 aromatic heterocycles. The van der Waals surface area contributed by atoms with Gasteiger partial charge in [-0.2, -0.15) is 0 Å². The van der Waals surface area contributed by atoms with Crippen molar-refractivity contribution >= 4 is 16.6 Å². The van der Waals surface area contributed by atoms with Gasteiger partial charge in [-0.15, -0.1) is 0 Å². The van der Waals surface area contributed by atoms with Crippen LogP contribution in [0.15, 0.2) is 46.1 Å². The quantitative estimate of drug-likeness (QED) is 0.367. The number of nitrogens with zero attached hydrogens (tertiary/aromatic N) is 2. The van der Waals surface area contributed by atoms with Crippen LogP contribution >= 0.6 is 0 Å². The summed E-state index contributed by atoms with van der Waals surface area (Å²) in [7, 11) is -4.13. The van der Waals surface area contributed by atoms with Gasteiger partial charge in [-0.25, -0.2) is 4.79 Å². The first-order valence-corrected chi connectivity index (χ1v) is 19.5. The Balaban J connectivity index is 1.96. The molecule has 0 amide bonds. The van der Waals surface area contributed by atoms with Crippen LogP contribution < -0.4 is 11.2 Å². The van der Waals surface area contributed by atoms with Crippen LogP contribution in [-0.4, -0.2) is 44.6 Å². The third-order valence-electron chi connectivity index (χ3n) is 8.71. The SMILES string of the molecule is Cc1cn([C@H]2C[C@H](O[Si](C)(C)C(C)(C)C)[C@@H](CO[Si](C)(C)C(C)(C)C)O2)c(=O)n(Cc2ccccc2)c1=O. The van der Waals surface area contributed by atoms with Crippen molar-refractivity contribution in [2.24, 2.45) is 0 Å². The summed E-state index contributed by atoms with van der Waals surface area (Å²) in [4.78, 5) is 26.6. The topological polar surface area (TPSA) is 71.7 Å². The molecule has 1 saturated heterocycles. The Morgan fingerprint density at radius 2 is 1.53 bits per heavy atom. The van der Waals surface area contributed by atoms with E-state index in [2.05, 4.69) is 67.7 Å². The van der Waals surface area contributed by atoms with Gasteiger partial charge in [0, 0.05) is 18.2 Å². The third-order valence-corrected chi connectivity index (χ3v) is 17.7. The molecule has 2 aromatic rings. The number of hydrogen-bond acceptors (Lipinski definition) is 5. The molecule has 0 N–H and O–H groups in total. The predicted molar refractivity (Wildman–Crippen MR) is 159 cm³/mol. The van der Waals surface area contributed by atoms with Crippen LogP contribution in [0.1, 0.15) is 65.3 Å². The number of aromatic nitrogens is 2. The number of hydrogen-bond donors (Lipinski definition) is 0. The first kappa shape index (κ1) is 30.8. The normalized spacial score (nSPS) is 21.2. The molecule has 212 valence electrons. The second-order valence-electron chi connectivity index (χ2n) is 13.7. The van der Waals surface area contributed by atoms with Crippen molar-refractivity contribution in [2.45, 2.75) is 116 Å². The zero-order valence-corrected chi connectivity index (χ0v) is 27.3. The van der Waals surface area contributed by atoms with E-state index in [0.29, 0.717) is 18.6 Å². The van der Waals surface area contributed by atoms with Gasteiger partial charge >= 0.3 is 5.69 Å². The molecule has 7 nitrogen and oxygen atoms in total. The maximum atomic E-state index is 13.6. The van der Waals surface area contributed by atoms with Crippen LogP contribution in [0.2, 0.25) is 36.3 Å². The van der Waals surface area contributed by atoms with Crippen molar-refractivity contribution < 1.29 is 13.6 Å². The van der Waals surface area contributed by atoms with E-state index >= 15 is 0 Å². The third kappa shape index (κ3) is 6.67. The summed E-state index contributed by atoms with van der Waals surface area (Å²) in [5, 5.41) is 0.105. The van der Waals surface area contributed by atoms with Gasteiger partial charge in [-0.3, -0.25) is 13.9 Å². The average molecular weight is 561 g/mol. The average Bonchev–Trinajstić information content (AvgIpc) is 3.18. The van der Waals surface area contributed by atoms with E-state index in [1.165, 1.54) is 4.57 Å². The molecule has 3 rings (SSSR count). The van der Waals surface area contributed by atoms with Crippen molar-refractivity contribution in [3.63, 3.8) is 0 Å². The van der Waals surface area contributed by atoms with Crippen molar-refractivity contribution in [3.8, 4) is 0 Å². The highest BCUT2D eigenvalue weighted by Gasteiger charge is 2.46. The molecule has 0 saturated carbocycles. The minimum absolute atomic E-state index is 0.0340. The molecule has 0 aliphatic carbocycles. The largest absolute Gasteiger partial charge is 0.414 e. The molecule has 1 aromatic carbocycles. The Labute approximate surface area is 230 Å². The monoisotopic (exact) mass is 560 g/mol. The van der Waals surface area contributed by atoms with E-state index in [4.69, 9.17) is 13.6 Å². The molecule has 1 aliphatic heterocycles. The van der Waals surface area contributed by atoms with Gasteiger partial charge in [-0.05, 0) is 48.8 Å². The Morgan fingerprint density at radius 1 is 0.947 bits per heavy atom. The van der Waals surface area contributed by atoms with Crippen LogP contribution in [0.4, 0.5) is 0 Å². The van der Waals surface area contributed by atoms with Crippen molar-refractivity contribution in [2.75, 3.05) is 6.61 Å². The molecule has 38 heavy (non-hydrogen) atoms. The smallest absolute Gasteiger partial charge is 0.333 e. The molecule has 0 unspecified atom stereocenters. The zero-order chi connectivity index (χ0) is 28.7. The van der Waals surface area contributed by atoms with E-state index in [9.17, 15) is 9.59 Å². The van der Waals surface area contributed by atoms with E-state index in [-0.39, 0.29) is 40.1 Å². The molecule has 2 heterocycles. The summed E-state index contributed by atoms with van der Waals surface area (Å²) in [6.45, 7) is 24.7. The minimum Gasteiger partial charge on any atom is -0.414 e. The van der Waals surface area contributed by atoms with Crippen molar-refractivity contribution in [1.82, 2.24) is 9.13 Å². The number of aryl methyl sites for hydroxylation is 1. The predicted octanol–water partition coefficient (Wildman–Crippen LogP) is 6.07. The highest BCUT2D eigenvalue weighted by Crippen LogP contribution is 2.42. The second-order valence-corrected chi connectivity index (χ2v) is 23.3. The van der Waals surface area contributed by atoms with Crippen LogP contribution in [-0.2, 0) is 20.1 Å². The van der Waals surface area contributed by atoms with Gasteiger partial charge in [-0.1, -0.05) is 71.9 Å². The van der Waals surface area contributed by atoms with Crippen LogP contribution in [0.25, 0.3) is 0 Å². The summed E-state index contributed by atoms with van der Waals surface area (Å²) in [5.41, 5.74) is 0.759. The Kier molecular flexibility index (Phi) is 8.90. The highest BCUT2D eigenvalue weighted by atomic mass is 28.4. The van der Waals surface area contributed by atoms with Crippen LogP contribution in [0, 0.1) is 6.92 Å². The van der Waals surface area contributed by atoms with Gasteiger partial charge in [0.15, 0.2) is 16.6 Å². The highest BCUT2D eigenvalue weighted by molar-refractivity contribution is 6.74. The van der Waals surface area contributed by atoms with E-state index in [1.807, 2.05) is 30.3 Å². The lowest BCUT2D eigenvalue weighted by atomic mass is 10.2. The maximum absolute atomic E-state index is 13.6. The van der Waals surface area contributed by atoms with E-state index < -0.39 is 22.9 Å². The van der Waals surface area contributed by atoms with Crippen LogP contribution in [0.5, 0.6) is 0 Å². The number of rotatable bonds is 8. The fourth-order valence-corrected chi connectivity index (χ4v) is 6.45. The number of ether oxygens (including phenoxy) is 1. The molecule has 9 heteroatoms. The first-order chi connectivity index (χ1) is 17.3. The molecular formula is C29H48N2O5Si2. The fourth-order valence-electron chi connectivity index (χ4n) is 4.08. The van der Waals surface area contributed by atoms with Crippen LogP contribution in [0.3, 0.4) is 0 Å². The molecule has 3 atom stereocenters. The summed E-state index contributed by atoms with van der Waals surface area (Å²) in [6, 6.07) is 9.57. The summed E-state index contributed by atoms with van der Waals surface area (Å²) >= 11 is 0. The minimum atomic E-state index is -2.12. The lowest BCUT2D eigenvalue weighted by Gasteiger charge is -2.40. The Hall–Kier alpha value is -1.79. The number of benzene rings is 1. The Bertz CT molecular complexity index is 1220. The summed E-state index contributed by atoms with van der Waals surface area (Å²) in [6.07, 6.45) is 1.13. The Morgan fingerprint density at radius 3 is 2.08 bits per heavy atom. The van der Waals surface area contributed by atoms with E-state index in [0.717, 1.165) is 5.56 Å². The second kappa shape index (κ2) is 11.0. The van der Waals surface area contributed by atoms with Crippen molar-refractivity contribution in [3.05, 3.63) is 68.5 Å². The van der Waals surface area contributed by atoms with Gasteiger partial charge < -0.3 is 13.6 Å². The summed E-state index contributed by atoms with van der Waals surface area (Å²) in [5.74, 6) is 0. The van der Waals surface area contributed by atoms with Gasteiger partial charge in [0.25, 0.3) is 5.56 Å². The molecule has 0 radical (unpaired) electrons. The summed E-state index contributed by atoms with van der Waals surface area (Å²) < 4.78 is 22.9. The van der Waals surface area contributed by atoms with Gasteiger partial charge in [0.05, 0.1) is 19.3 Å². The lowest BCUT2D eigenvalue weighted by molar-refractivity contribution is -0.0417. The first-order valence-electron chi connectivity index (χ1n) is 13.7. The van der Waals surface area contributed by atoms with Gasteiger partial charge in [0.1, 0.15) is 12.3 Å². The molecule has 1 fully saturated rings. The van der Waals surface area contributed by atoms with Gasteiger partial charge in [0.2, 0.25) is 0 Å². The molecule has 0 bridgehead atoms. The molecule has 0 spiro atoms. The van der Waals surface area contributed by atoms with E-state index in [1.54, 1.807) is 17.7 Å². The lowest BCUT2D eigenvalue weighted by Crippen LogP contribution is -2.48. The zero-order valence-electron chi connectivity index (χ0n) is 25.3. The fraction of sp³-hybridized carbons (Fsp3) is 0.655.